The molecule has 3 rings (SSSR count). The van der Waals surface area contributed by atoms with Crippen molar-refractivity contribution in [2.45, 2.75) is 18.5 Å². The van der Waals surface area contributed by atoms with Crippen molar-refractivity contribution in [1.82, 2.24) is 0 Å². The Bertz CT molecular complexity index is 822. The van der Waals surface area contributed by atoms with E-state index >= 15 is 0 Å². The quantitative estimate of drug-likeness (QED) is 0.720. The van der Waals surface area contributed by atoms with Crippen LogP contribution in [0.3, 0.4) is 0 Å². The number of esters is 1. The Kier molecular flexibility index (Phi) is 3.95. The molecule has 2 nitrogen and oxygen atoms in total. The predicted octanol–water partition coefficient (Wildman–Crippen LogP) is 5.04. The number of carbonyl (C=O) groups excluding carboxylic acids is 1. The largest absolute Gasteiger partial charge is 0.465 e. The summed E-state index contributed by atoms with van der Waals surface area (Å²) in [5.41, 5.74) is 2.11. The average molecular weight is 332 g/mol. The number of fused-ring (bicyclic) bond motifs is 1. The smallest absolute Gasteiger partial charge is 0.416 e. The van der Waals surface area contributed by atoms with Crippen LogP contribution in [0.15, 0.2) is 49.0 Å². The Labute approximate surface area is 137 Å². The van der Waals surface area contributed by atoms with Crippen molar-refractivity contribution >= 4 is 11.5 Å². The van der Waals surface area contributed by atoms with Gasteiger partial charge in [0.15, 0.2) is 0 Å². The van der Waals surface area contributed by atoms with Crippen LogP contribution in [0.4, 0.5) is 13.2 Å². The van der Waals surface area contributed by atoms with E-state index in [2.05, 4.69) is 6.58 Å². The number of alkyl halides is 3. The number of carbonyl (C=O) groups is 1. The summed E-state index contributed by atoms with van der Waals surface area (Å²) < 4.78 is 44.7. The fourth-order valence-corrected chi connectivity index (χ4v) is 3.22. The van der Waals surface area contributed by atoms with E-state index < -0.39 is 23.6 Å². The number of ether oxygens (including phenoxy) is 1. The van der Waals surface area contributed by atoms with Gasteiger partial charge in [0.25, 0.3) is 0 Å². The van der Waals surface area contributed by atoms with Crippen LogP contribution in [0.5, 0.6) is 0 Å². The first-order chi connectivity index (χ1) is 11.3. The molecule has 0 heterocycles. The van der Waals surface area contributed by atoms with Crippen molar-refractivity contribution in [3.05, 3.63) is 76.9 Å². The highest BCUT2D eigenvalue weighted by molar-refractivity contribution is 5.91. The normalized spacial score (nSPS) is 16.8. The molecule has 0 aliphatic heterocycles. The van der Waals surface area contributed by atoms with E-state index in [0.717, 1.165) is 17.2 Å². The summed E-state index contributed by atoms with van der Waals surface area (Å²) in [6.07, 6.45) is -4.03. The number of rotatable bonds is 2. The highest BCUT2D eigenvalue weighted by Gasteiger charge is 2.37. The van der Waals surface area contributed by atoms with Crippen molar-refractivity contribution < 1.29 is 22.7 Å². The highest BCUT2D eigenvalue weighted by atomic mass is 19.4. The molecule has 1 aliphatic rings. The maximum absolute atomic E-state index is 13.3. The van der Waals surface area contributed by atoms with E-state index in [4.69, 9.17) is 4.74 Å². The molecule has 5 heteroatoms. The van der Waals surface area contributed by atoms with Crippen molar-refractivity contribution in [1.29, 1.82) is 0 Å². The Hall–Kier alpha value is -2.56. The van der Waals surface area contributed by atoms with Gasteiger partial charge in [-0.3, -0.25) is 0 Å². The minimum Gasteiger partial charge on any atom is -0.465 e. The summed E-state index contributed by atoms with van der Waals surface area (Å²) in [6.45, 7) is 3.96. The van der Waals surface area contributed by atoms with Gasteiger partial charge in [-0.2, -0.15) is 13.2 Å². The standard InChI is InChI=1S/C19H15F3O2/c1-11-9-15(14-5-3-4-6-17(14)19(20,21)22)16-10-12(18(23)24-2)7-8-13(11)16/h3-8,10,15H,1,9H2,2H3. The number of hydrogen-bond donors (Lipinski definition) is 0. The van der Waals surface area contributed by atoms with Gasteiger partial charge in [0, 0.05) is 5.92 Å². The molecule has 0 spiro atoms. The third kappa shape index (κ3) is 2.70. The van der Waals surface area contributed by atoms with E-state index in [0.29, 0.717) is 17.5 Å². The molecule has 1 atom stereocenters. The zero-order chi connectivity index (χ0) is 17.5. The molecule has 0 saturated carbocycles. The fraction of sp³-hybridized carbons (Fsp3) is 0.211. The molecule has 1 unspecified atom stereocenters. The van der Waals surface area contributed by atoms with Gasteiger partial charge in [-0.15, -0.1) is 0 Å². The third-order valence-corrected chi connectivity index (χ3v) is 4.32. The first-order valence-corrected chi connectivity index (χ1v) is 7.39. The van der Waals surface area contributed by atoms with Crippen molar-refractivity contribution in [2.24, 2.45) is 0 Å². The SMILES string of the molecule is C=C1CC(c2ccccc2C(F)(F)F)c2cc(C(=O)OC)ccc21. The molecule has 1 aliphatic carbocycles. The number of benzene rings is 2. The van der Waals surface area contributed by atoms with E-state index in [1.54, 1.807) is 24.3 Å². The van der Waals surface area contributed by atoms with Crippen LogP contribution in [-0.4, -0.2) is 13.1 Å². The molecule has 0 amide bonds. The molecule has 2 aromatic carbocycles. The van der Waals surface area contributed by atoms with Gasteiger partial charge in [0.05, 0.1) is 18.2 Å². The van der Waals surface area contributed by atoms with Gasteiger partial charge in [-0.05, 0) is 46.9 Å². The summed E-state index contributed by atoms with van der Waals surface area (Å²) in [5, 5.41) is 0. The second-order valence-electron chi connectivity index (χ2n) is 5.74. The number of methoxy groups -OCH3 is 1. The number of allylic oxidation sites excluding steroid dienone is 1. The van der Waals surface area contributed by atoms with Gasteiger partial charge >= 0.3 is 12.1 Å². The lowest BCUT2D eigenvalue weighted by atomic mass is 9.88. The summed E-state index contributed by atoms with van der Waals surface area (Å²) in [7, 11) is 1.27. The first-order valence-electron chi connectivity index (χ1n) is 7.39. The molecule has 2 aromatic rings. The zero-order valence-electron chi connectivity index (χ0n) is 13.0. The Morgan fingerprint density at radius 1 is 1.17 bits per heavy atom. The fourth-order valence-electron chi connectivity index (χ4n) is 3.22. The molecule has 0 aromatic heterocycles. The van der Waals surface area contributed by atoms with Gasteiger partial charge in [-0.1, -0.05) is 30.8 Å². The third-order valence-electron chi connectivity index (χ3n) is 4.32. The summed E-state index contributed by atoms with van der Waals surface area (Å²) >= 11 is 0. The topological polar surface area (TPSA) is 26.3 Å². The molecule has 0 N–H and O–H groups in total. The molecule has 0 fully saturated rings. The van der Waals surface area contributed by atoms with Crippen LogP contribution in [0.2, 0.25) is 0 Å². The number of halogens is 3. The minimum absolute atomic E-state index is 0.201. The van der Waals surface area contributed by atoms with Crippen LogP contribution in [-0.2, 0) is 10.9 Å². The number of hydrogen-bond acceptors (Lipinski definition) is 2. The van der Waals surface area contributed by atoms with Crippen LogP contribution >= 0.6 is 0 Å². The van der Waals surface area contributed by atoms with Gasteiger partial charge < -0.3 is 4.74 Å². The van der Waals surface area contributed by atoms with Gasteiger partial charge in [-0.25, -0.2) is 4.79 Å². The monoisotopic (exact) mass is 332 g/mol. The van der Waals surface area contributed by atoms with Crippen LogP contribution in [0.25, 0.3) is 5.57 Å². The summed E-state index contributed by atoms with van der Waals surface area (Å²) in [6, 6.07) is 10.5. The molecule has 0 radical (unpaired) electrons. The van der Waals surface area contributed by atoms with E-state index in [9.17, 15) is 18.0 Å². The van der Waals surface area contributed by atoms with E-state index in [-0.39, 0.29) is 5.56 Å². The van der Waals surface area contributed by atoms with Crippen LogP contribution in [0, 0.1) is 0 Å². The van der Waals surface area contributed by atoms with E-state index in [1.807, 2.05) is 0 Å². The first kappa shape index (κ1) is 16.3. The Morgan fingerprint density at radius 3 is 2.54 bits per heavy atom. The van der Waals surface area contributed by atoms with Crippen molar-refractivity contribution in [3.8, 4) is 0 Å². The predicted molar refractivity (Wildman–Crippen MR) is 84.7 cm³/mol. The second-order valence-corrected chi connectivity index (χ2v) is 5.74. The lowest BCUT2D eigenvalue weighted by Gasteiger charge is -2.18. The lowest BCUT2D eigenvalue weighted by molar-refractivity contribution is -0.138. The molecule has 24 heavy (non-hydrogen) atoms. The molecule has 0 saturated heterocycles. The zero-order valence-corrected chi connectivity index (χ0v) is 13.0. The lowest BCUT2D eigenvalue weighted by Crippen LogP contribution is -2.12. The molecular weight excluding hydrogens is 317 g/mol. The molecular formula is C19H15F3O2. The highest BCUT2D eigenvalue weighted by Crippen LogP contribution is 2.47. The Balaban J connectivity index is 2.15. The van der Waals surface area contributed by atoms with Gasteiger partial charge in [0.1, 0.15) is 0 Å². The average Bonchev–Trinajstić information content (AvgIpc) is 2.89. The van der Waals surface area contributed by atoms with Gasteiger partial charge in [0.2, 0.25) is 0 Å². The summed E-state index contributed by atoms with van der Waals surface area (Å²) in [5.74, 6) is -0.993. The Morgan fingerprint density at radius 2 is 1.88 bits per heavy atom. The molecule has 124 valence electrons. The minimum atomic E-state index is -4.43. The van der Waals surface area contributed by atoms with Crippen molar-refractivity contribution in [2.75, 3.05) is 7.11 Å². The van der Waals surface area contributed by atoms with Crippen molar-refractivity contribution in [3.63, 3.8) is 0 Å². The van der Waals surface area contributed by atoms with Crippen LogP contribution in [0.1, 0.15) is 45.0 Å². The second kappa shape index (κ2) is 5.82. The van der Waals surface area contributed by atoms with Crippen LogP contribution < -0.4 is 0 Å². The summed E-state index contributed by atoms with van der Waals surface area (Å²) in [4.78, 5) is 11.7. The maximum atomic E-state index is 13.3. The maximum Gasteiger partial charge on any atom is 0.416 e. The van der Waals surface area contributed by atoms with E-state index in [1.165, 1.54) is 19.2 Å². The molecule has 0 bridgehead atoms.